The molecule has 1 aliphatic heterocycles. The third kappa shape index (κ3) is 9.58. The molecule has 4 atom stereocenters. The van der Waals surface area contributed by atoms with Crippen LogP contribution in [0.2, 0.25) is 0 Å². The Morgan fingerprint density at radius 3 is 2.20 bits per heavy atom. The lowest BCUT2D eigenvalue weighted by Gasteiger charge is -2.28. The number of rotatable bonds is 11. The molecule has 5 aromatic rings. The van der Waals surface area contributed by atoms with Crippen LogP contribution in [0.4, 0.5) is 9.59 Å². The molecule has 4 unspecified atom stereocenters. The summed E-state index contributed by atoms with van der Waals surface area (Å²) < 4.78 is 10.6. The fourth-order valence-corrected chi connectivity index (χ4v) is 9.15. The first-order valence-corrected chi connectivity index (χ1v) is 21.6. The number of H-pyrrole nitrogens is 2. The van der Waals surface area contributed by atoms with E-state index in [9.17, 15) is 14.4 Å². The molecular weight excluding hydrogens is 739 g/mol. The van der Waals surface area contributed by atoms with Gasteiger partial charge in [-0.2, -0.15) is 0 Å². The van der Waals surface area contributed by atoms with E-state index in [4.69, 9.17) is 14.5 Å². The van der Waals surface area contributed by atoms with Gasteiger partial charge in [0.2, 0.25) is 0 Å². The first-order valence-electron chi connectivity index (χ1n) is 21.6. The van der Waals surface area contributed by atoms with Gasteiger partial charge in [-0.1, -0.05) is 88.6 Å². The van der Waals surface area contributed by atoms with E-state index in [1.807, 2.05) is 45.7 Å². The van der Waals surface area contributed by atoms with Crippen molar-refractivity contribution in [3.8, 4) is 33.6 Å². The molecule has 10 heteroatoms. The number of aromatic amines is 2. The SMILES string of the molecule is CCc1cc(-c2ccc(-c3ccc4cc(-c5cnc(C6CCCCCC6CC(=O)C(NC(=O)OC)C(C)C)[nH]5)ccc4c3)cc2)[nH]c1C1CCCN1C(=O)OC(C)(C)C. The number of methoxy groups -OCH3 is 1. The molecule has 7 rings (SSSR count). The Bertz CT molecular complexity index is 2260. The number of carbonyl (C=O) groups is 3. The maximum atomic E-state index is 13.5. The number of imidazole rings is 1. The summed E-state index contributed by atoms with van der Waals surface area (Å²) in [7, 11) is 1.32. The van der Waals surface area contributed by atoms with Crippen molar-refractivity contribution < 1.29 is 23.9 Å². The molecule has 2 fully saturated rings. The molecule has 10 nitrogen and oxygen atoms in total. The third-order valence-electron chi connectivity index (χ3n) is 12.3. The van der Waals surface area contributed by atoms with Crippen molar-refractivity contribution in [2.75, 3.05) is 13.7 Å². The number of alkyl carbamates (subject to hydrolysis) is 1. The number of nitrogens with one attached hydrogen (secondary N) is 3. The summed E-state index contributed by atoms with van der Waals surface area (Å²) in [5, 5.41) is 5.06. The topological polar surface area (TPSA) is 129 Å². The number of benzene rings is 3. The summed E-state index contributed by atoms with van der Waals surface area (Å²) in [4.78, 5) is 52.7. The number of ether oxygens (including phenoxy) is 2. The predicted octanol–water partition coefficient (Wildman–Crippen LogP) is 11.5. The Hall–Kier alpha value is -5.38. The highest BCUT2D eigenvalue weighted by molar-refractivity contribution is 5.91. The van der Waals surface area contributed by atoms with E-state index >= 15 is 0 Å². The highest BCUT2D eigenvalue weighted by Gasteiger charge is 2.36. The molecule has 3 N–H and O–H groups in total. The number of likely N-dealkylation sites (tertiary alicyclic amines) is 1. The molecule has 2 aromatic heterocycles. The van der Waals surface area contributed by atoms with Crippen molar-refractivity contribution in [1.29, 1.82) is 0 Å². The number of Topliss-reactive ketones (excluding diaryl/α,β-unsaturated/α-hetero) is 1. The second-order valence-electron chi connectivity index (χ2n) is 17.9. The Kier molecular flexibility index (Phi) is 12.6. The van der Waals surface area contributed by atoms with Gasteiger partial charge in [-0.25, -0.2) is 14.6 Å². The van der Waals surface area contributed by atoms with Crippen molar-refractivity contribution in [1.82, 2.24) is 25.2 Å². The molecule has 0 spiro atoms. The summed E-state index contributed by atoms with van der Waals surface area (Å²) in [5.41, 5.74) is 8.31. The van der Waals surface area contributed by atoms with Crippen LogP contribution in [0.5, 0.6) is 0 Å². The van der Waals surface area contributed by atoms with E-state index in [0.717, 1.165) is 107 Å². The van der Waals surface area contributed by atoms with Crippen molar-refractivity contribution >= 4 is 28.7 Å². The van der Waals surface area contributed by atoms with Crippen LogP contribution in [0.1, 0.15) is 122 Å². The van der Waals surface area contributed by atoms with Gasteiger partial charge in [-0.15, -0.1) is 0 Å². The second-order valence-corrected chi connectivity index (χ2v) is 17.9. The lowest BCUT2D eigenvalue weighted by Crippen LogP contribution is -2.45. The average Bonchev–Trinajstić information content (AvgIpc) is 3.97. The van der Waals surface area contributed by atoms with Crippen LogP contribution >= 0.6 is 0 Å². The lowest BCUT2D eigenvalue weighted by molar-refractivity contribution is -0.123. The first kappa shape index (κ1) is 41.8. The number of nitrogens with zero attached hydrogens (tertiary/aromatic N) is 2. The van der Waals surface area contributed by atoms with Crippen molar-refractivity contribution in [2.24, 2.45) is 11.8 Å². The van der Waals surface area contributed by atoms with Gasteiger partial charge >= 0.3 is 12.2 Å². The second kappa shape index (κ2) is 17.9. The van der Waals surface area contributed by atoms with Gasteiger partial charge < -0.3 is 24.8 Å². The summed E-state index contributed by atoms with van der Waals surface area (Å²) in [6.07, 6.45) is 9.52. The Balaban J connectivity index is 1.05. The summed E-state index contributed by atoms with van der Waals surface area (Å²) >= 11 is 0. The number of aromatic nitrogens is 3. The molecule has 59 heavy (non-hydrogen) atoms. The van der Waals surface area contributed by atoms with E-state index < -0.39 is 17.7 Å². The summed E-state index contributed by atoms with van der Waals surface area (Å²) in [6, 6.07) is 23.5. The Morgan fingerprint density at radius 1 is 0.831 bits per heavy atom. The number of hydrogen-bond donors (Lipinski definition) is 3. The Labute approximate surface area is 348 Å². The highest BCUT2D eigenvalue weighted by Crippen LogP contribution is 2.40. The van der Waals surface area contributed by atoms with E-state index in [1.54, 1.807) is 0 Å². The number of ketones is 1. The maximum Gasteiger partial charge on any atom is 0.410 e. The van der Waals surface area contributed by atoms with Crippen LogP contribution in [0.25, 0.3) is 44.4 Å². The van der Waals surface area contributed by atoms with E-state index in [1.165, 1.54) is 12.7 Å². The van der Waals surface area contributed by atoms with Gasteiger partial charge in [0.25, 0.3) is 0 Å². The van der Waals surface area contributed by atoms with Gasteiger partial charge in [-0.3, -0.25) is 9.69 Å². The van der Waals surface area contributed by atoms with Gasteiger partial charge in [0.15, 0.2) is 5.78 Å². The van der Waals surface area contributed by atoms with Crippen molar-refractivity contribution in [2.45, 2.75) is 123 Å². The molecule has 1 saturated carbocycles. The summed E-state index contributed by atoms with van der Waals surface area (Å²) in [5.74, 6) is 1.24. The number of carbonyl (C=O) groups excluding carboxylic acids is 3. The number of hydrogen-bond acceptors (Lipinski definition) is 6. The normalized spacial score (nSPS) is 19.1. The fraction of sp³-hybridized carbons (Fsp3) is 0.469. The van der Waals surface area contributed by atoms with Gasteiger partial charge in [0.05, 0.1) is 31.1 Å². The molecule has 3 aromatic carbocycles. The third-order valence-corrected chi connectivity index (χ3v) is 12.3. The van der Waals surface area contributed by atoms with E-state index in [0.29, 0.717) is 13.0 Å². The smallest absolute Gasteiger partial charge is 0.410 e. The number of fused-ring (bicyclic) bond motifs is 1. The number of amides is 2. The van der Waals surface area contributed by atoms with Crippen LogP contribution in [0, 0.1) is 11.8 Å². The zero-order valence-corrected chi connectivity index (χ0v) is 35.8. The molecule has 0 bridgehead atoms. The van der Waals surface area contributed by atoms with Crippen LogP contribution in [-0.2, 0) is 20.7 Å². The zero-order valence-electron chi connectivity index (χ0n) is 35.8. The first-order chi connectivity index (χ1) is 28.3. The minimum Gasteiger partial charge on any atom is -0.453 e. The summed E-state index contributed by atoms with van der Waals surface area (Å²) in [6.45, 7) is 12.5. The molecule has 312 valence electrons. The van der Waals surface area contributed by atoms with Crippen LogP contribution in [0.3, 0.4) is 0 Å². The lowest BCUT2D eigenvalue weighted by atomic mass is 9.81. The molecule has 0 radical (unpaired) electrons. The molecule has 1 saturated heterocycles. The minimum absolute atomic E-state index is 0.0146. The van der Waals surface area contributed by atoms with Crippen molar-refractivity contribution in [3.63, 3.8) is 0 Å². The number of aryl methyl sites for hydroxylation is 1. The van der Waals surface area contributed by atoms with E-state index in [-0.39, 0.29) is 35.7 Å². The largest absolute Gasteiger partial charge is 0.453 e. The van der Waals surface area contributed by atoms with Gasteiger partial charge in [0, 0.05) is 35.8 Å². The van der Waals surface area contributed by atoms with Gasteiger partial charge in [-0.05, 0) is 116 Å². The Morgan fingerprint density at radius 2 is 1.51 bits per heavy atom. The molecule has 2 amide bonds. The monoisotopic (exact) mass is 799 g/mol. The van der Waals surface area contributed by atoms with E-state index in [2.05, 4.69) is 88.9 Å². The fourth-order valence-electron chi connectivity index (χ4n) is 9.15. The van der Waals surface area contributed by atoms with Gasteiger partial charge in [0.1, 0.15) is 11.4 Å². The predicted molar refractivity (Wildman–Crippen MR) is 234 cm³/mol. The zero-order chi connectivity index (χ0) is 41.8. The van der Waals surface area contributed by atoms with Crippen LogP contribution in [0.15, 0.2) is 72.9 Å². The maximum absolute atomic E-state index is 13.5. The van der Waals surface area contributed by atoms with Crippen LogP contribution in [-0.4, -0.2) is 63.1 Å². The molecular formula is C49H61N5O5. The van der Waals surface area contributed by atoms with Crippen molar-refractivity contribution in [3.05, 3.63) is 90.0 Å². The highest BCUT2D eigenvalue weighted by atomic mass is 16.6. The molecule has 2 aliphatic rings. The molecule has 3 heterocycles. The van der Waals surface area contributed by atoms with Crippen LogP contribution < -0.4 is 5.32 Å². The minimum atomic E-state index is -0.578. The average molecular weight is 800 g/mol. The molecule has 1 aliphatic carbocycles. The standard InChI is InChI=1S/C49H61N5O5/c1-8-31-27-40(51-45(31)42-15-12-24-54(42)48(57)59-49(4,5)6)33-18-16-32(17-19-33)34-20-21-36-26-38(23-22-35(36)25-34)41-29-50-46(52-41)39-14-11-9-10-13-37(39)28-43(55)44(30(2)3)53-47(56)58-7/h16-23,25-27,29-30,37,39,42,44,51H,8-15,24,28H2,1-7H3,(H,50,52)(H,53,56). The quantitative estimate of drug-likeness (QED) is 0.114.